The molecule has 2 unspecified atom stereocenters. The predicted molar refractivity (Wildman–Crippen MR) is 222 cm³/mol. The van der Waals surface area contributed by atoms with Crippen LogP contribution in [0.25, 0.3) is 10.9 Å². The van der Waals surface area contributed by atoms with Crippen LogP contribution >= 0.6 is 0 Å². The Bertz CT molecular complexity index is 1510. The standard InChI is InChI=1S/C44H72N4O8/c1-8-9-10-11-12-13-14-15-16-17-18-19-20-21-22-29-38(49)46-36(39(50)47-35(40(51)52)27-25-30-45-41(53)55-43(2,3)4)31-33-32-48(42(54)56-44(5,6)7)37-28-24-23-26-34(33)37/h23-24,26,28,32,35-36H,8-22,25,27,29-31H2,1-7H3,(H,45,53)(H,46,49)(H,47,50)(H,51,52). The van der Waals surface area contributed by atoms with E-state index in [0.717, 1.165) is 19.3 Å². The van der Waals surface area contributed by atoms with Gasteiger partial charge in [0, 0.05) is 31.0 Å². The van der Waals surface area contributed by atoms with Crippen molar-refractivity contribution in [1.29, 1.82) is 0 Å². The third kappa shape index (κ3) is 20.2. The molecule has 0 aliphatic rings. The van der Waals surface area contributed by atoms with Gasteiger partial charge in [0.2, 0.25) is 11.8 Å². The molecule has 2 aromatic rings. The second-order valence-corrected chi connectivity index (χ2v) is 17.0. The van der Waals surface area contributed by atoms with Crippen LogP contribution in [0.1, 0.15) is 170 Å². The predicted octanol–water partition coefficient (Wildman–Crippen LogP) is 9.59. The van der Waals surface area contributed by atoms with Gasteiger partial charge in [-0.05, 0) is 72.4 Å². The lowest BCUT2D eigenvalue weighted by Crippen LogP contribution is -2.52. The van der Waals surface area contributed by atoms with Crippen molar-refractivity contribution in [3.8, 4) is 0 Å². The summed E-state index contributed by atoms with van der Waals surface area (Å²) in [5.74, 6) is -2.19. The summed E-state index contributed by atoms with van der Waals surface area (Å²) in [5.41, 5.74) is -0.208. The minimum absolute atomic E-state index is 0.0132. The molecular weight excluding hydrogens is 713 g/mol. The van der Waals surface area contributed by atoms with E-state index < -0.39 is 47.3 Å². The molecule has 0 fully saturated rings. The van der Waals surface area contributed by atoms with Crippen LogP contribution < -0.4 is 16.0 Å². The first-order chi connectivity index (χ1) is 26.5. The lowest BCUT2D eigenvalue weighted by molar-refractivity contribution is -0.142. The van der Waals surface area contributed by atoms with Gasteiger partial charge in [0.1, 0.15) is 23.3 Å². The fraction of sp³-hybridized carbons (Fsp3) is 0.705. The first-order valence-corrected chi connectivity index (χ1v) is 21.1. The molecular formula is C44H72N4O8. The normalized spacial score (nSPS) is 12.8. The second kappa shape index (κ2) is 25.2. The summed E-state index contributed by atoms with van der Waals surface area (Å²) in [6, 6.07) is 4.85. The Morgan fingerprint density at radius 2 is 1.23 bits per heavy atom. The molecule has 316 valence electrons. The Morgan fingerprint density at radius 3 is 1.77 bits per heavy atom. The number of amides is 3. The summed E-state index contributed by atoms with van der Waals surface area (Å²) in [6.07, 6.45) is 19.2. The van der Waals surface area contributed by atoms with Gasteiger partial charge in [-0.3, -0.25) is 14.2 Å². The Labute approximate surface area is 335 Å². The summed E-state index contributed by atoms with van der Waals surface area (Å²) in [6.45, 7) is 13.0. The van der Waals surface area contributed by atoms with Crippen molar-refractivity contribution in [3.05, 3.63) is 36.0 Å². The van der Waals surface area contributed by atoms with Crippen LogP contribution in [0.2, 0.25) is 0 Å². The topological polar surface area (TPSA) is 165 Å². The number of hydrogen-bond acceptors (Lipinski definition) is 7. The summed E-state index contributed by atoms with van der Waals surface area (Å²) < 4.78 is 12.2. The Hall–Kier alpha value is -4.09. The number of fused-ring (bicyclic) bond motifs is 1. The maximum Gasteiger partial charge on any atom is 0.419 e. The zero-order valence-electron chi connectivity index (χ0n) is 35.4. The molecule has 0 saturated carbocycles. The summed E-state index contributed by atoms with van der Waals surface area (Å²) >= 11 is 0. The van der Waals surface area contributed by atoms with Crippen LogP contribution in [0.5, 0.6) is 0 Å². The quantitative estimate of drug-likeness (QED) is 0.0685. The number of aromatic nitrogens is 1. The number of ether oxygens (including phenoxy) is 2. The van der Waals surface area contributed by atoms with Crippen molar-refractivity contribution < 1.29 is 38.6 Å². The number of carboxylic acids is 1. The van der Waals surface area contributed by atoms with E-state index in [9.17, 15) is 29.1 Å². The zero-order valence-corrected chi connectivity index (χ0v) is 35.4. The van der Waals surface area contributed by atoms with E-state index in [1.807, 2.05) is 12.1 Å². The number of benzene rings is 1. The molecule has 0 aliphatic heterocycles. The van der Waals surface area contributed by atoms with E-state index in [4.69, 9.17) is 9.47 Å². The van der Waals surface area contributed by atoms with E-state index in [1.54, 1.807) is 59.9 Å². The fourth-order valence-electron chi connectivity index (χ4n) is 6.57. The van der Waals surface area contributed by atoms with Crippen LogP contribution in [-0.4, -0.2) is 69.5 Å². The van der Waals surface area contributed by atoms with Crippen molar-refractivity contribution in [3.63, 3.8) is 0 Å². The number of nitrogens with zero attached hydrogens (tertiary/aromatic N) is 1. The number of carbonyl (C=O) groups is 5. The van der Waals surface area contributed by atoms with E-state index in [1.165, 1.54) is 75.2 Å². The highest BCUT2D eigenvalue weighted by Gasteiger charge is 2.29. The van der Waals surface area contributed by atoms with E-state index in [2.05, 4.69) is 22.9 Å². The molecule has 1 heterocycles. The largest absolute Gasteiger partial charge is 0.480 e. The number of carboxylic acid groups (broad SMARTS) is 1. The van der Waals surface area contributed by atoms with Gasteiger partial charge >= 0.3 is 18.2 Å². The van der Waals surface area contributed by atoms with Crippen molar-refractivity contribution in [1.82, 2.24) is 20.5 Å². The molecule has 1 aromatic heterocycles. The maximum atomic E-state index is 13.8. The summed E-state index contributed by atoms with van der Waals surface area (Å²) in [5, 5.41) is 18.7. The second-order valence-electron chi connectivity index (χ2n) is 17.0. The third-order valence-electron chi connectivity index (χ3n) is 9.42. The summed E-state index contributed by atoms with van der Waals surface area (Å²) in [4.78, 5) is 64.5. The van der Waals surface area contributed by atoms with Gasteiger partial charge in [-0.1, -0.05) is 115 Å². The first kappa shape index (κ1) is 48.1. The molecule has 1 aromatic carbocycles. The molecule has 0 bridgehead atoms. The van der Waals surface area contributed by atoms with Gasteiger partial charge < -0.3 is 30.5 Å². The van der Waals surface area contributed by atoms with Gasteiger partial charge in [0.25, 0.3) is 0 Å². The molecule has 2 rings (SSSR count). The molecule has 0 spiro atoms. The van der Waals surface area contributed by atoms with Crippen molar-refractivity contribution in [2.75, 3.05) is 6.54 Å². The molecule has 3 amide bonds. The lowest BCUT2D eigenvalue weighted by atomic mass is 10.0. The fourth-order valence-corrected chi connectivity index (χ4v) is 6.57. The minimum atomic E-state index is -1.26. The highest BCUT2D eigenvalue weighted by molar-refractivity contribution is 5.94. The maximum absolute atomic E-state index is 13.8. The van der Waals surface area contributed by atoms with Crippen molar-refractivity contribution >= 4 is 40.9 Å². The van der Waals surface area contributed by atoms with Crippen LogP contribution in [0, 0.1) is 0 Å². The number of unbranched alkanes of at least 4 members (excludes halogenated alkanes) is 14. The minimum Gasteiger partial charge on any atom is -0.480 e. The highest BCUT2D eigenvalue weighted by atomic mass is 16.6. The molecule has 12 nitrogen and oxygen atoms in total. The number of carbonyl (C=O) groups excluding carboxylic acids is 4. The Morgan fingerprint density at radius 1 is 0.696 bits per heavy atom. The SMILES string of the molecule is CCCCCCCCCCCCCCCCCC(=O)NC(Cc1cn(C(=O)OC(C)(C)C)c2ccccc12)C(=O)NC(CCCNC(=O)OC(C)(C)C)C(=O)O. The van der Waals surface area contributed by atoms with E-state index in [-0.39, 0.29) is 38.1 Å². The Kier molecular flexibility index (Phi) is 21.6. The van der Waals surface area contributed by atoms with Gasteiger partial charge in [0.15, 0.2) is 0 Å². The van der Waals surface area contributed by atoms with Crippen molar-refractivity contribution in [2.45, 2.75) is 194 Å². The Balaban J connectivity index is 2.02. The molecule has 0 saturated heterocycles. The molecule has 0 radical (unpaired) electrons. The molecule has 56 heavy (non-hydrogen) atoms. The van der Waals surface area contributed by atoms with Gasteiger partial charge in [0.05, 0.1) is 5.52 Å². The molecule has 0 aliphatic carbocycles. The summed E-state index contributed by atoms with van der Waals surface area (Å²) in [7, 11) is 0. The number of hydrogen-bond donors (Lipinski definition) is 4. The van der Waals surface area contributed by atoms with Gasteiger partial charge in [-0.2, -0.15) is 0 Å². The van der Waals surface area contributed by atoms with Crippen LogP contribution in [-0.2, 0) is 30.3 Å². The number of alkyl carbamates (subject to hydrolysis) is 1. The smallest absolute Gasteiger partial charge is 0.419 e. The van der Waals surface area contributed by atoms with Gasteiger partial charge in [-0.15, -0.1) is 0 Å². The van der Waals surface area contributed by atoms with Crippen LogP contribution in [0.15, 0.2) is 30.5 Å². The number of rotatable bonds is 26. The number of nitrogens with one attached hydrogen (secondary N) is 3. The monoisotopic (exact) mass is 785 g/mol. The van der Waals surface area contributed by atoms with Crippen LogP contribution in [0.4, 0.5) is 9.59 Å². The average molecular weight is 785 g/mol. The van der Waals surface area contributed by atoms with E-state index >= 15 is 0 Å². The number of aliphatic carboxylic acids is 1. The number of para-hydroxylation sites is 1. The molecule has 2 atom stereocenters. The molecule has 12 heteroatoms. The average Bonchev–Trinajstić information content (AvgIpc) is 3.47. The van der Waals surface area contributed by atoms with Crippen molar-refractivity contribution in [2.24, 2.45) is 0 Å². The molecule has 4 N–H and O–H groups in total. The van der Waals surface area contributed by atoms with Gasteiger partial charge in [-0.25, -0.2) is 14.4 Å². The first-order valence-electron chi connectivity index (χ1n) is 21.1. The third-order valence-corrected chi connectivity index (χ3v) is 9.42. The van der Waals surface area contributed by atoms with E-state index in [0.29, 0.717) is 22.9 Å². The lowest BCUT2D eigenvalue weighted by Gasteiger charge is -2.22. The van der Waals surface area contributed by atoms with Crippen LogP contribution in [0.3, 0.4) is 0 Å². The zero-order chi connectivity index (χ0) is 41.6. The highest BCUT2D eigenvalue weighted by Crippen LogP contribution is 2.24.